The molecule has 0 unspecified atom stereocenters. The summed E-state index contributed by atoms with van der Waals surface area (Å²) in [5, 5.41) is 0. The number of nitrogen functional groups attached to an aromatic ring is 1. The molecule has 4 rings (SSSR count). The zero-order valence-corrected chi connectivity index (χ0v) is 11.2. The van der Waals surface area contributed by atoms with Crippen LogP contribution in [0.5, 0.6) is 0 Å². The van der Waals surface area contributed by atoms with Gasteiger partial charge in [0.05, 0.1) is 17.1 Å². The number of hydrogen-bond donors (Lipinski definition) is 1. The maximum absolute atomic E-state index is 5.74. The molecule has 2 aromatic rings. The van der Waals surface area contributed by atoms with E-state index in [9.17, 15) is 0 Å². The van der Waals surface area contributed by atoms with Crippen LogP contribution in [0.15, 0.2) is 6.20 Å². The van der Waals surface area contributed by atoms with E-state index in [-0.39, 0.29) is 0 Å². The molecule has 0 radical (unpaired) electrons. The van der Waals surface area contributed by atoms with Crippen LogP contribution in [-0.2, 0) is 6.42 Å². The zero-order valence-electron chi connectivity index (χ0n) is 11.2. The highest BCUT2D eigenvalue weighted by atomic mass is 15.1. The van der Waals surface area contributed by atoms with Crippen LogP contribution in [-0.4, -0.2) is 19.5 Å². The fourth-order valence-electron chi connectivity index (χ4n) is 2.96. The van der Waals surface area contributed by atoms with Gasteiger partial charge in [0.2, 0.25) is 5.95 Å². The van der Waals surface area contributed by atoms with Crippen LogP contribution in [0.3, 0.4) is 0 Å². The van der Waals surface area contributed by atoms with Crippen LogP contribution in [0, 0.1) is 0 Å². The molecule has 0 spiro atoms. The van der Waals surface area contributed by atoms with Crippen molar-refractivity contribution < 1.29 is 0 Å². The molecule has 98 valence electrons. The SMILES string of the molecule is CC(C)n1c(C2CC2)nc2c1-c1nc(N)ncc1C2. The monoisotopic (exact) mass is 255 g/mol. The summed E-state index contributed by atoms with van der Waals surface area (Å²) in [6.07, 6.45) is 5.20. The Kier molecular flexibility index (Phi) is 2.05. The summed E-state index contributed by atoms with van der Waals surface area (Å²) in [6, 6.07) is 0.397. The molecular weight excluding hydrogens is 238 g/mol. The maximum Gasteiger partial charge on any atom is 0.220 e. The lowest BCUT2D eigenvalue weighted by molar-refractivity contribution is 0.573. The van der Waals surface area contributed by atoms with Crippen molar-refractivity contribution in [3.63, 3.8) is 0 Å². The van der Waals surface area contributed by atoms with Gasteiger partial charge < -0.3 is 10.3 Å². The second-order valence-corrected chi connectivity index (χ2v) is 5.78. The molecule has 2 aliphatic carbocycles. The van der Waals surface area contributed by atoms with Crippen LogP contribution in [0.1, 0.15) is 55.7 Å². The van der Waals surface area contributed by atoms with Crippen LogP contribution in [0.25, 0.3) is 11.4 Å². The van der Waals surface area contributed by atoms with Crippen LogP contribution >= 0.6 is 0 Å². The lowest BCUT2D eigenvalue weighted by atomic mass is 10.2. The molecule has 0 bridgehead atoms. The van der Waals surface area contributed by atoms with Crippen LogP contribution in [0.2, 0.25) is 0 Å². The Morgan fingerprint density at radius 2 is 2.11 bits per heavy atom. The van der Waals surface area contributed by atoms with Gasteiger partial charge in [0, 0.05) is 30.1 Å². The number of imidazole rings is 1. The molecule has 5 heteroatoms. The largest absolute Gasteiger partial charge is 0.368 e. The third kappa shape index (κ3) is 1.50. The van der Waals surface area contributed by atoms with E-state index in [1.807, 2.05) is 6.20 Å². The molecule has 1 fully saturated rings. The van der Waals surface area contributed by atoms with Crippen molar-refractivity contribution in [2.75, 3.05) is 5.73 Å². The zero-order chi connectivity index (χ0) is 13.1. The summed E-state index contributed by atoms with van der Waals surface area (Å²) >= 11 is 0. The molecule has 0 atom stereocenters. The average Bonchev–Trinajstić information content (AvgIpc) is 3.05. The average molecular weight is 255 g/mol. The van der Waals surface area contributed by atoms with Gasteiger partial charge >= 0.3 is 0 Å². The lowest BCUT2D eigenvalue weighted by Crippen LogP contribution is -2.08. The van der Waals surface area contributed by atoms with Gasteiger partial charge in [0.1, 0.15) is 5.82 Å². The number of hydrogen-bond acceptors (Lipinski definition) is 4. The molecule has 0 saturated heterocycles. The number of nitrogens with zero attached hydrogens (tertiary/aromatic N) is 4. The summed E-state index contributed by atoms with van der Waals surface area (Å²) < 4.78 is 2.35. The second kappa shape index (κ2) is 3.56. The Balaban J connectivity index is 1.96. The van der Waals surface area contributed by atoms with E-state index in [2.05, 4.69) is 28.4 Å². The van der Waals surface area contributed by atoms with Gasteiger partial charge in [-0.1, -0.05) is 0 Å². The minimum absolute atomic E-state index is 0.344. The van der Waals surface area contributed by atoms with E-state index in [4.69, 9.17) is 10.7 Å². The van der Waals surface area contributed by atoms with Crippen LogP contribution in [0.4, 0.5) is 5.95 Å². The van der Waals surface area contributed by atoms with Gasteiger partial charge in [-0.3, -0.25) is 0 Å². The molecule has 0 aliphatic heterocycles. The van der Waals surface area contributed by atoms with Crippen molar-refractivity contribution in [2.24, 2.45) is 0 Å². The lowest BCUT2D eigenvalue weighted by Gasteiger charge is -2.15. The fraction of sp³-hybridized carbons (Fsp3) is 0.500. The van der Waals surface area contributed by atoms with E-state index in [0.29, 0.717) is 17.9 Å². The van der Waals surface area contributed by atoms with E-state index in [0.717, 1.165) is 23.4 Å². The van der Waals surface area contributed by atoms with E-state index >= 15 is 0 Å². The molecule has 19 heavy (non-hydrogen) atoms. The van der Waals surface area contributed by atoms with E-state index in [1.54, 1.807) is 0 Å². The molecule has 2 heterocycles. The molecule has 2 aromatic heterocycles. The van der Waals surface area contributed by atoms with E-state index < -0.39 is 0 Å². The van der Waals surface area contributed by atoms with Crippen molar-refractivity contribution in [1.29, 1.82) is 0 Å². The highest BCUT2D eigenvalue weighted by Gasteiger charge is 2.35. The van der Waals surface area contributed by atoms with Gasteiger partial charge in [0.25, 0.3) is 0 Å². The van der Waals surface area contributed by atoms with Gasteiger partial charge in [-0.05, 0) is 26.7 Å². The molecule has 5 nitrogen and oxygen atoms in total. The highest BCUT2D eigenvalue weighted by Crippen LogP contribution is 2.45. The first-order valence-corrected chi connectivity index (χ1v) is 6.88. The van der Waals surface area contributed by atoms with Crippen molar-refractivity contribution >= 4 is 5.95 Å². The highest BCUT2D eigenvalue weighted by molar-refractivity contribution is 5.70. The fourth-order valence-corrected chi connectivity index (χ4v) is 2.96. The molecule has 1 saturated carbocycles. The molecule has 2 aliphatic rings. The van der Waals surface area contributed by atoms with Crippen LogP contribution < -0.4 is 5.73 Å². The summed E-state index contributed by atoms with van der Waals surface area (Å²) in [4.78, 5) is 13.4. The smallest absolute Gasteiger partial charge is 0.220 e. The Morgan fingerprint density at radius 3 is 2.79 bits per heavy atom. The molecular formula is C14H17N5. The first-order chi connectivity index (χ1) is 9.15. The Labute approximate surface area is 111 Å². The van der Waals surface area contributed by atoms with Gasteiger partial charge in [-0.25, -0.2) is 15.0 Å². The number of nitrogens with two attached hydrogens (primary N) is 1. The first-order valence-electron chi connectivity index (χ1n) is 6.88. The summed E-state index contributed by atoms with van der Waals surface area (Å²) in [5.41, 5.74) is 10.2. The molecule has 0 aromatic carbocycles. The number of aromatic nitrogens is 4. The predicted octanol–water partition coefficient (Wildman–Crippen LogP) is 2.28. The summed E-state index contributed by atoms with van der Waals surface area (Å²) in [6.45, 7) is 4.41. The molecule has 0 amide bonds. The second-order valence-electron chi connectivity index (χ2n) is 5.78. The quantitative estimate of drug-likeness (QED) is 0.762. The Morgan fingerprint density at radius 1 is 1.32 bits per heavy atom. The standard InChI is InChI=1S/C14H17N5/c1-7(2)19-12-10(17-13(19)8-3-4-8)5-9-6-16-14(15)18-11(9)12/h6-8H,3-5H2,1-2H3,(H2,15,16,18). The minimum atomic E-state index is 0.344. The van der Waals surface area contributed by atoms with Gasteiger partial charge in [-0.15, -0.1) is 0 Å². The van der Waals surface area contributed by atoms with Crippen molar-refractivity contribution in [3.8, 4) is 11.4 Å². The Hall–Kier alpha value is -1.91. The van der Waals surface area contributed by atoms with Crippen molar-refractivity contribution in [3.05, 3.63) is 23.3 Å². The topological polar surface area (TPSA) is 69.6 Å². The minimum Gasteiger partial charge on any atom is -0.368 e. The number of fused-ring (bicyclic) bond motifs is 3. The van der Waals surface area contributed by atoms with E-state index in [1.165, 1.54) is 24.4 Å². The summed E-state index contributed by atoms with van der Waals surface area (Å²) in [7, 11) is 0. The third-order valence-electron chi connectivity index (χ3n) is 3.93. The first kappa shape index (κ1) is 11.0. The predicted molar refractivity (Wildman–Crippen MR) is 72.8 cm³/mol. The van der Waals surface area contributed by atoms with Crippen molar-refractivity contribution in [1.82, 2.24) is 19.5 Å². The third-order valence-corrected chi connectivity index (χ3v) is 3.93. The Bertz CT molecular complexity index is 667. The normalized spacial score (nSPS) is 16.8. The molecule has 2 N–H and O–H groups in total. The summed E-state index contributed by atoms with van der Waals surface area (Å²) in [5.74, 6) is 2.23. The van der Waals surface area contributed by atoms with Crippen molar-refractivity contribution in [2.45, 2.75) is 45.1 Å². The number of anilines is 1. The maximum atomic E-state index is 5.74. The number of rotatable bonds is 2. The van der Waals surface area contributed by atoms with Gasteiger partial charge in [-0.2, -0.15) is 0 Å². The van der Waals surface area contributed by atoms with Gasteiger partial charge in [0.15, 0.2) is 0 Å².